The molecular formula is C15H28N2O3. The van der Waals surface area contributed by atoms with Crippen molar-refractivity contribution in [1.29, 1.82) is 0 Å². The fourth-order valence-corrected chi connectivity index (χ4v) is 2.25. The Hall–Kier alpha value is -1.26. The first-order chi connectivity index (χ1) is 9.20. The van der Waals surface area contributed by atoms with Gasteiger partial charge in [0.2, 0.25) is 0 Å². The number of nitrogens with zero attached hydrogens (tertiary/aromatic N) is 1. The van der Waals surface area contributed by atoms with Gasteiger partial charge in [-0.05, 0) is 30.1 Å². The standard InChI is InChI=1S/C15H28N2O3/c1-11(15(2,3)4)10-16-14(20)17-7-5-12(6-8-17)9-13(18)19/h11-12H,5-10H2,1-4H3,(H,16,20)(H,18,19). The number of hydrogen-bond donors (Lipinski definition) is 2. The average Bonchev–Trinajstić information content (AvgIpc) is 2.34. The van der Waals surface area contributed by atoms with E-state index < -0.39 is 5.97 Å². The molecule has 116 valence electrons. The van der Waals surface area contributed by atoms with E-state index in [-0.39, 0.29) is 23.8 Å². The Morgan fingerprint density at radius 2 is 1.85 bits per heavy atom. The Labute approximate surface area is 121 Å². The highest BCUT2D eigenvalue weighted by Gasteiger charge is 2.25. The highest BCUT2D eigenvalue weighted by Crippen LogP contribution is 2.24. The van der Waals surface area contributed by atoms with Crippen LogP contribution >= 0.6 is 0 Å². The van der Waals surface area contributed by atoms with E-state index >= 15 is 0 Å². The summed E-state index contributed by atoms with van der Waals surface area (Å²) in [5, 5.41) is 11.8. The molecule has 1 unspecified atom stereocenters. The molecule has 5 nitrogen and oxygen atoms in total. The van der Waals surface area contributed by atoms with E-state index in [4.69, 9.17) is 5.11 Å². The monoisotopic (exact) mass is 284 g/mol. The summed E-state index contributed by atoms with van der Waals surface area (Å²) in [6, 6.07) is -0.0186. The summed E-state index contributed by atoms with van der Waals surface area (Å²) in [5.41, 5.74) is 0.182. The summed E-state index contributed by atoms with van der Waals surface area (Å²) in [4.78, 5) is 24.5. The quantitative estimate of drug-likeness (QED) is 0.833. The summed E-state index contributed by atoms with van der Waals surface area (Å²) in [5.74, 6) is -0.118. The second kappa shape index (κ2) is 6.95. The summed E-state index contributed by atoms with van der Waals surface area (Å²) >= 11 is 0. The number of urea groups is 1. The van der Waals surface area contributed by atoms with E-state index in [1.54, 1.807) is 4.90 Å². The van der Waals surface area contributed by atoms with Crippen molar-refractivity contribution >= 4 is 12.0 Å². The summed E-state index contributed by atoms with van der Waals surface area (Å²) in [7, 11) is 0. The molecule has 0 aromatic heterocycles. The van der Waals surface area contributed by atoms with Crippen molar-refractivity contribution in [3.8, 4) is 0 Å². The number of likely N-dealkylation sites (tertiary alicyclic amines) is 1. The van der Waals surface area contributed by atoms with Crippen molar-refractivity contribution in [1.82, 2.24) is 10.2 Å². The van der Waals surface area contributed by atoms with Gasteiger partial charge in [0.15, 0.2) is 0 Å². The number of carboxylic acid groups (broad SMARTS) is 1. The van der Waals surface area contributed by atoms with Gasteiger partial charge in [-0.2, -0.15) is 0 Å². The van der Waals surface area contributed by atoms with Crippen molar-refractivity contribution in [3.05, 3.63) is 0 Å². The van der Waals surface area contributed by atoms with Crippen LogP contribution in [0.3, 0.4) is 0 Å². The first kappa shape index (κ1) is 16.8. The number of carboxylic acids is 1. The maximum Gasteiger partial charge on any atom is 0.317 e. The van der Waals surface area contributed by atoms with Crippen molar-refractivity contribution < 1.29 is 14.7 Å². The second-order valence-corrected chi connectivity index (χ2v) is 6.98. The predicted molar refractivity (Wildman–Crippen MR) is 78.6 cm³/mol. The molecule has 0 aromatic carbocycles. The van der Waals surface area contributed by atoms with Gasteiger partial charge in [0.05, 0.1) is 0 Å². The highest BCUT2D eigenvalue weighted by atomic mass is 16.4. The Morgan fingerprint density at radius 3 is 2.30 bits per heavy atom. The van der Waals surface area contributed by atoms with E-state index in [1.165, 1.54) is 0 Å². The fraction of sp³-hybridized carbons (Fsp3) is 0.867. The molecule has 1 fully saturated rings. The molecule has 0 radical (unpaired) electrons. The number of piperidine rings is 1. The SMILES string of the molecule is CC(CNC(=O)N1CCC(CC(=O)O)CC1)C(C)(C)C. The van der Waals surface area contributed by atoms with Gasteiger partial charge in [-0.3, -0.25) is 4.79 Å². The maximum atomic E-state index is 12.1. The number of rotatable bonds is 4. The van der Waals surface area contributed by atoms with Gasteiger partial charge >= 0.3 is 12.0 Å². The van der Waals surface area contributed by atoms with Crippen molar-refractivity contribution in [3.63, 3.8) is 0 Å². The minimum atomic E-state index is -0.744. The van der Waals surface area contributed by atoms with Gasteiger partial charge in [-0.1, -0.05) is 27.7 Å². The van der Waals surface area contributed by atoms with Crippen LogP contribution in [0.2, 0.25) is 0 Å². The zero-order chi connectivity index (χ0) is 15.3. The molecule has 0 spiro atoms. The van der Waals surface area contributed by atoms with Crippen LogP contribution in [0.25, 0.3) is 0 Å². The van der Waals surface area contributed by atoms with Crippen LogP contribution in [0.1, 0.15) is 47.0 Å². The Balaban J connectivity index is 2.31. The zero-order valence-corrected chi connectivity index (χ0v) is 13.1. The third-order valence-electron chi connectivity index (χ3n) is 4.40. The van der Waals surface area contributed by atoms with E-state index in [9.17, 15) is 9.59 Å². The first-order valence-electron chi connectivity index (χ1n) is 7.44. The lowest BCUT2D eigenvalue weighted by atomic mass is 9.82. The van der Waals surface area contributed by atoms with Crippen molar-refractivity contribution in [2.24, 2.45) is 17.3 Å². The molecule has 0 bridgehead atoms. The summed E-state index contributed by atoms with van der Waals surface area (Å²) in [6.07, 6.45) is 1.79. The minimum absolute atomic E-state index is 0.0186. The summed E-state index contributed by atoms with van der Waals surface area (Å²) < 4.78 is 0. The molecule has 0 saturated carbocycles. The Kier molecular flexibility index (Phi) is 5.84. The first-order valence-corrected chi connectivity index (χ1v) is 7.44. The molecule has 1 heterocycles. The molecule has 0 aliphatic carbocycles. The molecule has 2 N–H and O–H groups in total. The number of hydrogen-bond acceptors (Lipinski definition) is 2. The molecule has 2 amide bonds. The predicted octanol–water partition coefficient (Wildman–Crippen LogP) is 2.56. The number of carbonyl (C=O) groups is 2. The van der Waals surface area contributed by atoms with Gasteiger partial charge in [0.25, 0.3) is 0 Å². The van der Waals surface area contributed by atoms with Crippen molar-refractivity contribution in [2.45, 2.75) is 47.0 Å². The number of carbonyl (C=O) groups excluding carboxylic acids is 1. The molecule has 5 heteroatoms. The molecule has 1 saturated heterocycles. The molecule has 20 heavy (non-hydrogen) atoms. The van der Waals surface area contributed by atoms with E-state index in [0.717, 1.165) is 12.8 Å². The molecule has 1 aliphatic rings. The average molecular weight is 284 g/mol. The van der Waals surface area contributed by atoms with E-state index in [0.29, 0.717) is 25.6 Å². The molecular weight excluding hydrogens is 256 g/mol. The van der Waals surface area contributed by atoms with Gasteiger partial charge in [0.1, 0.15) is 0 Å². The van der Waals surface area contributed by atoms with Crippen LogP contribution in [-0.4, -0.2) is 41.6 Å². The maximum absolute atomic E-state index is 12.1. The smallest absolute Gasteiger partial charge is 0.317 e. The van der Waals surface area contributed by atoms with E-state index in [2.05, 4.69) is 33.0 Å². The van der Waals surface area contributed by atoms with Gasteiger partial charge in [-0.25, -0.2) is 4.79 Å². The lowest BCUT2D eigenvalue weighted by molar-refractivity contribution is -0.138. The number of nitrogens with one attached hydrogen (secondary N) is 1. The van der Waals surface area contributed by atoms with Crippen molar-refractivity contribution in [2.75, 3.05) is 19.6 Å². The molecule has 0 aromatic rings. The normalized spacial score (nSPS) is 18.7. The van der Waals surface area contributed by atoms with Crippen LogP contribution in [0, 0.1) is 17.3 Å². The van der Waals surface area contributed by atoms with Crippen LogP contribution in [0.5, 0.6) is 0 Å². The largest absolute Gasteiger partial charge is 0.481 e. The number of aliphatic carboxylic acids is 1. The number of amides is 2. The van der Waals surface area contributed by atoms with Crippen LogP contribution in [-0.2, 0) is 4.79 Å². The fourth-order valence-electron chi connectivity index (χ4n) is 2.25. The topological polar surface area (TPSA) is 69.6 Å². The Morgan fingerprint density at radius 1 is 1.30 bits per heavy atom. The third kappa shape index (κ3) is 5.39. The lowest BCUT2D eigenvalue weighted by Crippen LogP contribution is -2.46. The second-order valence-electron chi connectivity index (χ2n) is 6.98. The molecule has 1 atom stereocenters. The van der Waals surface area contributed by atoms with Crippen LogP contribution in [0.15, 0.2) is 0 Å². The summed E-state index contributed by atoms with van der Waals surface area (Å²) in [6.45, 7) is 10.6. The zero-order valence-electron chi connectivity index (χ0n) is 13.1. The van der Waals surface area contributed by atoms with E-state index in [1.807, 2.05) is 0 Å². The molecule has 1 aliphatic heterocycles. The minimum Gasteiger partial charge on any atom is -0.481 e. The van der Waals surface area contributed by atoms with Gasteiger partial charge < -0.3 is 15.3 Å². The van der Waals surface area contributed by atoms with Crippen LogP contribution in [0.4, 0.5) is 4.79 Å². The van der Waals surface area contributed by atoms with Gasteiger partial charge in [0, 0.05) is 26.1 Å². The highest BCUT2D eigenvalue weighted by molar-refractivity contribution is 5.74. The Bertz CT molecular complexity index is 342. The van der Waals surface area contributed by atoms with Gasteiger partial charge in [-0.15, -0.1) is 0 Å². The van der Waals surface area contributed by atoms with Crippen LogP contribution < -0.4 is 5.32 Å². The lowest BCUT2D eigenvalue weighted by Gasteiger charge is -2.33. The third-order valence-corrected chi connectivity index (χ3v) is 4.40. The molecule has 1 rings (SSSR count).